The van der Waals surface area contributed by atoms with Gasteiger partial charge in [-0.3, -0.25) is 0 Å². The summed E-state index contributed by atoms with van der Waals surface area (Å²) < 4.78 is 6.29. The third-order valence-electron chi connectivity index (χ3n) is 2.71. The van der Waals surface area contributed by atoms with Crippen LogP contribution in [0.25, 0.3) is 0 Å². The van der Waals surface area contributed by atoms with Gasteiger partial charge in [-0.15, -0.1) is 0 Å². The van der Waals surface area contributed by atoms with Gasteiger partial charge in [0.25, 0.3) is 0 Å². The van der Waals surface area contributed by atoms with Gasteiger partial charge in [0.15, 0.2) is 5.96 Å². The molecule has 0 unspecified atom stereocenters. The molecule has 0 amide bonds. The summed E-state index contributed by atoms with van der Waals surface area (Å²) in [5.74, 6) is 1.09. The van der Waals surface area contributed by atoms with Crippen LogP contribution in [-0.2, 0) is 6.54 Å². The van der Waals surface area contributed by atoms with Gasteiger partial charge in [0.1, 0.15) is 5.75 Å². The number of halogens is 1. The van der Waals surface area contributed by atoms with Crippen LogP contribution in [0.1, 0.15) is 5.56 Å². The van der Waals surface area contributed by atoms with Gasteiger partial charge in [0.05, 0.1) is 19.3 Å². The van der Waals surface area contributed by atoms with E-state index in [1.807, 2.05) is 48.5 Å². The number of guanidine groups is 1. The van der Waals surface area contributed by atoms with Gasteiger partial charge in [-0.1, -0.05) is 40.2 Å². The lowest BCUT2D eigenvalue weighted by molar-refractivity contribution is 0.417. The maximum Gasteiger partial charge on any atom is 0.193 e. The molecule has 0 saturated heterocycles. The molecule has 4 nitrogen and oxygen atoms in total. The Kier molecular flexibility index (Phi) is 5.01. The van der Waals surface area contributed by atoms with Crippen LogP contribution in [0, 0.1) is 0 Å². The molecule has 0 spiro atoms. The maximum atomic E-state index is 5.88. The van der Waals surface area contributed by atoms with Crippen LogP contribution in [0.4, 0.5) is 5.69 Å². The van der Waals surface area contributed by atoms with Crippen molar-refractivity contribution in [3.8, 4) is 5.75 Å². The molecule has 0 radical (unpaired) electrons. The van der Waals surface area contributed by atoms with E-state index in [1.54, 1.807) is 7.11 Å². The Hall–Kier alpha value is -2.01. The van der Waals surface area contributed by atoms with Crippen LogP contribution >= 0.6 is 15.9 Å². The van der Waals surface area contributed by atoms with Gasteiger partial charge < -0.3 is 15.8 Å². The number of hydrogen-bond donors (Lipinski definition) is 2. The summed E-state index contributed by atoms with van der Waals surface area (Å²) in [6.07, 6.45) is 0. The van der Waals surface area contributed by atoms with Crippen molar-refractivity contribution < 1.29 is 4.74 Å². The highest BCUT2D eigenvalue weighted by Gasteiger charge is 2.02. The highest BCUT2D eigenvalue weighted by atomic mass is 79.9. The van der Waals surface area contributed by atoms with Crippen molar-refractivity contribution in [2.24, 2.45) is 10.7 Å². The first-order valence-electron chi connectivity index (χ1n) is 6.13. The summed E-state index contributed by atoms with van der Waals surface area (Å²) in [6, 6.07) is 15.5. The van der Waals surface area contributed by atoms with E-state index in [4.69, 9.17) is 10.5 Å². The van der Waals surface area contributed by atoms with E-state index in [0.717, 1.165) is 21.5 Å². The molecular formula is C15H16BrN3O. The van der Waals surface area contributed by atoms with Crippen molar-refractivity contribution in [2.45, 2.75) is 6.54 Å². The van der Waals surface area contributed by atoms with Crippen molar-refractivity contribution in [2.75, 3.05) is 12.4 Å². The number of benzene rings is 2. The zero-order valence-electron chi connectivity index (χ0n) is 11.1. The number of para-hydroxylation sites is 2. The summed E-state index contributed by atoms with van der Waals surface area (Å²) in [5, 5.41) is 3.04. The molecule has 0 saturated carbocycles. The number of nitrogens with one attached hydrogen (secondary N) is 1. The summed E-state index contributed by atoms with van der Waals surface area (Å²) in [5.41, 5.74) is 7.77. The Morgan fingerprint density at radius 1 is 1.20 bits per heavy atom. The molecular weight excluding hydrogens is 318 g/mol. The quantitative estimate of drug-likeness (QED) is 0.666. The molecule has 5 heteroatoms. The molecule has 0 aliphatic carbocycles. The highest BCUT2D eigenvalue weighted by Crippen LogP contribution is 2.22. The van der Waals surface area contributed by atoms with E-state index in [-0.39, 0.29) is 0 Å². The normalized spacial score (nSPS) is 11.2. The zero-order valence-corrected chi connectivity index (χ0v) is 12.7. The minimum Gasteiger partial charge on any atom is -0.495 e. The number of methoxy groups -OCH3 is 1. The monoisotopic (exact) mass is 333 g/mol. The average Bonchev–Trinajstić information content (AvgIpc) is 2.47. The van der Waals surface area contributed by atoms with E-state index in [2.05, 4.69) is 26.2 Å². The predicted octanol–water partition coefficient (Wildman–Crippen LogP) is 3.38. The zero-order chi connectivity index (χ0) is 14.4. The summed E-state index contributed by atoms with van der Waals surface area (Å²) in [4.78, 5) is 4.31. The third kappa shape index (κ3) is 3.99. The fourth-order valence-electron chi connectivity index (χ4n) is 1.69. The first-order valence-corrected chi connectivity index (χ1v) is 6.93. The van der Waals surface area contributed by atoms with Crippen LogP contribution in [0.15, 0.2) is 58.0 Å². The second-order valence-electron chi connectivity index (χ2n) is 4.15. The lowest BCUT2D eigenvalue weighted by Crippen LogP contribution is -2.22. The fraction of sp³-hybridized carbons (Fsp3) is 0.133. The molecule has 0 fully saturated rings. The lowest BCUT2D eigenvalue weighted by Gasteiger charge is -2.10. The second kappa shape index (κ2) is 6.96. The van der Waals surface area contributed by atoms with Gasteiger partial charge in [-0.2, -0.15) is 0 Å². The second-order valence-corrected chi connectivity index (χ2v) is 5.07. The SMILES string of the molecule is COc1ccccc1NC(N)=NCc1ccc(Br)cc1. The number of nitrogens with two attached hydrogens (primary N) is 1. The number of ether oxygens (including phenoxy) is 1. The Labute approximate surface area is 126 Å². The van der Waals surface area contributed by atoms with Gasteiger partial charge in [-0.05, 0) is 29.8 Å². The topological polar surface area (TPSA) is 59.6 Å². The molecule has 0 heterocycles. The van der Waals surface area contributed by atoms with Gasteiger partial charge in [0.2, 0.25) is 0 Å². The molecule has 3 N–H and O–H groups in total. The van der Waals surface area contributed by atoms with Crippen molar-refractivity contribution in [1.82, 2.24) is 0 Å². The van der Waals surface area contributed by atoms with Gasteiger partial charge in [-0.25, -0.2) is 4.99 Å². The average molecular weight is 334 g/mol. The summed E-state index contributed by atoms with van der Waals surface area (Å²) in [7, 11) is 1.62. The molecule has 0 aliphatic heterocycles. The van der Waals surface area contributed by atoms with Gasteiger partial charge >= 0.3 is 0 Å². The van der Waals surface area contributed by atoms with Gasteiger partial charge in [0, 0.05) is 4.47 Å². The molecule has 20 heavy (non-hydrogen) atoms. The van der Waals surface area contributed by atoms with Crippen LogP contribution in [0.2, 0.25) is 0 Å². The van der Waals surface area contributed by atoms with Crippen LogP contribution in [0.5, 0.6) is 5.75 Å². The largest absolute Gasteiger partial charge is 0.495 e. The predicted molar refractivity (Wildman–Crippen MR) is 86.1 cm³/mol. The molecule has 104 valence electrons. The third-order valence-corrected chi connectivity index (χ3v) is 3.24. The lowest BCUT2D eigenvalue weighted by atomic mass is 10.2. The molecule has 2 aromatic carbocycles. The molecule has 0 atom stereocenters. The van der Waals surface area contributed by atoms with E-state index in [0.29, 0.717) is 12.5 Å². The number of hydrogen-bond acceptors (Lipinski definition) is 2. The first kappa shape index (κ1) is 14.4. The smallest absolute Gasteiger partial charge is 0.193 e. The summed E-state index contributed by atoms with van der Waals surface area (Å²) in [6.45, 7) is 0.529. The number of rotatable bonds is 4. The van der Waals surface area contributed by atoms with Crippen molar-refractivity contribution in [3.63, 3.8) is 0 Å². The highest BCUT2D eigenvalue weighted by molar-refractivity contribution is 9.10. The maximum absolute atomic E-state index is 5.88. The fourth-order valence-corrected chi connectivity index (χ4v) is 1.96. The standard InChI is InChI=1S/C15H16BrN3O/c1-20-14-5-3-2-4-13(14)19-15(17)18-10-11-6-8-12(16)9-7-11/h2-9H,10H2,1H3,(H3,17,18,19). The number of nitrogens with zero attached hydrogens (tertiary/aromatic N) is 1. The molecule has 0 aliphatic rings. The van der Waals surface area contributed by atoms with E-state index < -0.39 is 0 Å². The summed E-state index contributed by atoms with van der Waals surface area (Å²) >= 11 is 3.40. The molecule has 0 aromatic heterocycles. The van der Waals surface area contributed by atoms with Crippen LogP contribution in [-0.4, -0.2) is 13.1 Å². The Morgan fingerprint density at radius 2 is 1.90 bits per heavy atom. The van der Waals surface area contributed by atoms with Crippen LogP contribution < -0.4 is 15.8 Å². The first-order chi connectivity index (χ1) is 9.69. The van der Waals surface area contributed by atoms with E-state index in [9.17, 15) is 0 Å². The minimum absolute atomic E-state index is 0.359. The minimum atomic E-state index is 0.359. The van der Waals surface area contributed by atoms with Crippen LogP contribution in [0.3, 0.4) is 0 Å². The van der Waals surface area contributed by atoms with Crippen molar-refractivity contribution >= 4 is 27.6 Å². The molecule has 2 aromatic rings. The van der Waals surface area contributed by atoms with Crippen molar-refractivity contribution in [3.05, 3.63) is 58.6 Å². The number of anilines is 1. The Morgan fingerprint density at radius 3 is 2.60 bits per heavy atom. The molecule has 0 bridgehead atoms. The Balaban J connectivity index is 2.02. The van der Waals surface area contributed by atoms with Crippen molar-refractivity contribution in [1.29, 1.82) is 0 Å². The molecule has 2 rings (SSSR count). The van der Waals surface area contributed by atoms with E-state index >= 15 is 0 Å². The van der Waals surface area contributed by atoms with E-state index in [1.165, 1.54) is 0 Å². The number of aliphatic imine (C=N–C) groups is 1. The Bertz CT molecular complexity index is 596.